The first-order valence-electron chi connectivity index (χ1n) is 6.43. The van der Waals surface area contributed by atoms with E-state index in [0.717, 1.165) is 26.1 Å². The van der Waals surface area contributed by atoms with E-state index in [2.05, 4.69) is 17.0 Å². The fraction of sp³-hybridized carbons (Fsp3) is 0.571. The van der Waals surface area contributed by atoms with Crippen LogP contribution in [0.4, 0.5) is 0 Å². The fourth-order valence-corrected chi connectivity index (χ4v) is 2.35. The van der Waals surface area contributed by atoms with Crippen LogP contribution in [0, 0.1) is 0 Å². The number of methoxy groups -OCH3 is 1. The molecule has 4 nitrogen and oxygen atoms in total. The van der Waals surface area contributed by atoms with Crippen molar-refractivity contribution >= 4 is 0 Å². The van der Waals surface area contributed by atoms with Crippen LogP contribution in [0.2, 0.25) is 0 Å². The predicted octanol–water partition coefficient (Wildman–Crippen LogP) is 1.38. The smallest absolute Gasteiger partial charge is 0.146 e. The number of ether oxygens (including phenoxy) is 2. The summed E-state index contributed by atoms with van der Waals surface area (Å²) in [4.78, 5) is 2.36. The first-order chi connectivity index (χ1) is 8.79. The summed E-state index contributed by atoms with van der Waals surface area (Å²) in [6, 6.07) is 10.3. The van der Waals surface area contributed by atoms with Crippen molar-refractivity contribution in [1.29, 1.82) is 0 Å². The minimum atomic E-state index is 0.0763. The van der Waals surface area contributed by atoms with E-state index in [0.29, 0.717) is 6.79 Å². The monoisotopic (exact) mass is 250 g/mol. The first-order valence-corrected chi connectivity index (χ1v) is 6.43. The van der Waals surface area contributed by atoms with Gasteiger partial charge in [0.25, 0.3) is 0 Å². The molecule has 1 fully saturated rings. The van der Waals surface area contributed by atoms with E-state index < -0.39 is 0 Å². The SMILES string of the molecule is COCO[C@H]1CCN(C[C@@H](N)c2ccccc2)C1. The number of hydrogen-bond acceptors (Lipinski definition) is 4. The average molecular weight is 250 g/mol. The minimum absolute atomic E-state index is 0.0763. The van der Waals surface area contributed by atoms with Gasteiger partial charge in [-0.25, -0.2) is 0 Å². The number of hydrogen-bond donors (Lipinski definition) is 1. The Bertz CT molecular complexity index is 345. The molecule has 0 amide bonds. The summed E-state index contributed by atoms with van der Waals surface area (Å²) in [6.07, 6.45) is 1.35. The van der Waals surface area contributed by atoms with Gasteiger partial charge in [0.05, 0.1) is 6.10 Å². The summed E-state index contributed by atoms with van der Waals surface area (Å²) in [5.41, 5.74) is 7.41. The maximum absolute atomic E-state index is 6.21. The molecule has 18 heavy (non-hydrogen) atoms. The van der Waals surface area contributed by atoms with Crippen LogP contribution in [0.1, 0.15) is 18.0 Å². The summed E-state index contributed by atoms with van der Waals surface area (Å²) in [5.74, 6) is 0. The van der Waals surface area contributed by atoms with Crippen LogP contribution in [0.3, 0.4) is 0 Å². The minimum Gasteiger partial charge on any atom is -0.359 e. The van der Waals surface area contributed by atoms with Crippen LogP contribution in [0.15, 0.2) is 30.3 Å². The summed E-state index contributed by atoms with van der Waals surface area (Å²) in [6.45, 7) is 3.26. The first kappa shape index (κ1) is 13.5. The Hall–Kier alpha value is -0.940. The van der Waals surface area contributed by atoms with Crippen molar-refractivity contribution in [2.45, 2.75) is 18.6 Å². The van der Waals surface area contributed by atoms with Gasteiger partial charge >= 0.3 is 0 Å². The standard InChI is InChI=1S/C14H22N2O2/c1-17-11-18-13-7-8-16(9-13)10-14(15)12-5-3-2-4-6-12/h2-6,13-14H,7-11,15H2,1H3/t13-,14+/m0/s1. The van der Waals surface area contributed by atoms with Gasteiger partial charge in [-0.1, -0.05) is 30.3 Å². The Morgan fingerprint density at radius 2 is 2.17 bits per heavy atom. The Kier molecular flexibility index (Phi) is 5.13. The third-order valence-electron chi connectivity index (χ3n) is 3.33. The Labute approximate surface area is 109 Å². The second-order valence-electron chi connectivity index (χ2n) is 4.76. The quantitative estimate of drug-likeness (QED) is 0.775. The van der Waals surface area contributed by atoms with Crippen molar-refractivity contribution in [3.05, 3.63) is 35.9 Å². The lowest BCUT2D eigenvalue weighted by Crippen LogP contribution is -2.31. The molecule has 0 spiro atoms. The van der Waals surface area contributed by atoms with E-state index in [4.69, 9.17) is 15.2 Å². The molecule has 2 rings (SSSR count). The van der Waals surface area contributed by atoms with Crippen LogP contribution in [0.25, 0.3) is 0 Å². The van der Waals surface area contributed by atoms with Crippen molar-refractivity contribution in [1.82, 2.24) is 4.90 Å². The van der Waals surface area contributed by atoms with Crippen molar-refractivity contribution < 1.29 is 9.47 Å². The van der Waals surface area contributed by atoms with Gasteiger partial charge in [-0.15, -0.1) is 0 Å². The molecule has 1 aliphatic heterocycles. The molecule has 2 N–H and O–H groups in total. The lowest BCUT2D eigenvalue weighted by Gasteiger charge is -2.21. The number of likely N-dealkylation sites (tertiary alicyclic amines) is 1. The van der Waals surface area contributed by atoms with Crippen LogP contribution in [0.5, 0.6) is 0 Å². The van der Waals surface area contributed by atoms with E-state index in [1.807, 2.05) is 18.2 Å². The number of nitrogens with zero attached hydrogens (tertiary/aromatic N) is 1. The lowest BCUT2D eigenvalue weighted by atomic mass is 10.1. The van der Waals surface area contributed by atoms with Crippen LogP contribution in [-0.2, 0) is 9.47 Å². The van der Waals surface area contributed by atoms with Gasteiger partial charge in [-0.2, -0.15) is 0 Å². The summed E-state index contributed by atoms with van der Waals surface area (Å²) < 4.78 is 10.5. The topological polar surface area (TPSA) is 47.7 Å². The average Bonchev–Trinajstić information content (AvgIpc) is 2.85. The Balaban J connectivity index is 1.77. The van der Waals surface area contributed by atoms with Gasteiger partial charge < -0.3 is 15.2 Å². The van der Waals surface area contributed by atoms with E-state index in [-0.39, 0.29) is 12.1 Å². The van der Waals surface area contributed by atoms with E-state index in [1.165, 1.54) is 5.56 Å². The molecule has 0 saturated carbocycles. The highest BCUT2D eigenvalue weighted by molar-refractivity contribution is 5.18. The molecule has 0 aliphatic carbocycles. The molecule has 4 heteroatoms. The molecule has 2 atom stereocenters. The Morgan fingerprint density at radius 3 is 2.89 bits per heavy atom. The van der Waals surface area contributed by atoms with Crippen molar-refractivity contribution in [3.8, 4) is 0 Å². The zero-order valence-electron chi connectivity index (χ0n) is 10.9. The van der Waals surface area contributed by atoms with E-state index in [9.17, 15) is 0 Å². The zero-order valence-corrected chi connectivity index (χ0v) is 10.9. The number of nitrogens with two attached hydrogens (primary N) is 1. The van der Waals surface area contributed by atoms with E-state index in [1.54, 1.807) is 7.11 Å². The molecule has 1 aromatic carbocycles. The second kappa shape index (κ2) is 6.85. The van der Waals surface area contributed by atoms with Gasteiger partial charge in [0, 0.05) is 32.8 Å². The number of rotatable bonds is 6. The normalized spacial score (nSPS) is 22.2. The van der Waals surface area contributed by atoms with Gasteiger partial charge in [-0.05, 0) is 12.0 Å². The van der Waals surface area contributed by atoms with Crippen molar-refractivity contribution in [2.75, 3.05) is 33.5 Å². The summed E-state index contributed by atoms with van der Waals surface area (Å²) in [5, 5.41) is 0. The third kappa shape index (κ3) is 3.78. The molecular formula is C14H22N2O2. The highest BCUT2D eigenvalue weighted by Gasteiger charge is 2.24. The van der Waals surface area contributed by atoms with Crippen molar-refractivity contribution in [2.24, 2.45) is 5.73 Å². The van der Waals surface area contributed by atoms with Crippen LogP contribution < -0.4 is 5.73 Å². The van der Waals surface area contributed by atoms with Crippen LogP contribution in [-0.4, -0.2) is 44.5 Å². The maximum atomic E-state index is 6.21. The lowest BCUT2D eigenvalue weighted by molar-refractivity contribution is -0.0671. The van der Waals surface area contributed by atoms with E-state index >= 15 is 0 Å². The fourth-order valence-electron chi connectivity index (χ4n) is 2.35. The van der Waals surface area contributed by atoms with Gasteiger partial charge in [0.2, 0.25) is 0 Å². The maximum Gasteiger partial charge on any atom is 0.146 e. The zero-order chi connectivity index (χ0) is 12.8. The second-order valence-corrected chi connectivity index (χ2v) is 4.76. The molecule has 0 unspecified atom stereocenters. The predicted molar refractivity (Wildman–Crippen MR) is 71.2 cm³/mol. The molecule has 0 bridgehead atoms. The Morgan fingerprint density at radius 1 is 1.39 bits per heavy atom. The van der Waals surface area contributed by atoms with Gasteiger partial charge in [0.1, 0.15) is 6.79 Å². The van der Waals surface area contributed by atoms with Gasteiger partial charge in [0.15, 0.2) is 0 Å². The summed E-state index contributed by atoms with van der Waals surface area (Å²) in [7, 11) is 1.65. The largest absolute Gasteiger partial charge is 0.359 e. The van der Waals surface area contributed by atoms with Gasteiger partial charge in [-0.3, -0.25) is 4.90 Å². The highest BCUT2D eigenvalue weighted by atomic mass is 16.7. The third-order valence-corrected chi connectivity index (χ3v) is 3.33. The highest BCUT2D eigenvalue weighted by Crippen LogP contribution is 2.17. The molecule has 0 aromatic heterocycles. The molecule has 100 valence electrons. The molecule has 1 aliphatic rings. The molecule has 1 saturated heterocycles. The molecular weight excluding hydrogens is 228 g/mol. The molecule has 0 radical (unpaired) electrons. The summed E-state index contributed by atoms with van der Waals surface area (Å²) >= 11 is 0. The molecule has 1 heterocycles. The van der Waals surface area contributed by atoms with Crippen molar-refractivity contribution in [3.63, 3.8) is 0 Å². The van der Waals surface area contributed by atoms with Crippen LogP contribution >= 0.6 is 0 Å². The number of benzene rings is 1. The molecule has 1 aromatic rings.